The van der Waals surface area contributed by atoms with Gasteiger partial charge in [-0.15, -0.1) is 0 Å². The molecule has 28 heavy (non-hydrogen) atoms. The number of likely N-dealkylation sites (tertiary alicyclic amines) is 1. The fourth-order valence-corrected chi connectivity index (χ4v) is 4.57. The van der Waals surface area contributed by atoms with Gasteiger partial charge in [0.2, 0.25) is 11.8 Å². The van der Waals surface area contributed by atoms with Crippen LogP contribution in [0, 0.1) is 0 Å². The molecule has 2 amide bonds. The molecule has 2 fully saturated rings. The minimum Gasteiger partial charge on any atom is -0.372 e. The standard InChI is InChI=1S/C23H35N3O2/c1-3-20-9-5-8-17-26(20)23(28)14-18-25(19(2)27)22-12-10-21(11-13-22)24-15-6-4-7-16-24/h10-13,20H,3-9,14-18H2,1-2H3. The maximum atomic E-state index is 12.8. The van der Waals surface area contributed by atoms with Gasteiger partial charge in [0.25, 0.3) is 0 Å². The van der Waals surface area contributed by atoms with Crippen molar-refractivity contribution in [3.63, 3.8) is 0 Å². The Kier molecular flexibility index (Phi) is 7.35. The first kappa shape index (κ1) is 20.7. The van der Waals surface area contributed by atoms with Gasteiger partial charge in [-0.25, -0.2) is 0 Å². The van der Waals surface area contributed by atoms with Crippen LogP contribution in [0.1, 0.15) is 65.2 Å². The van der Waals surface area contributed by atoms with E-state index >= 15 is 0 Å². The summed E-state index contributed by atoms with van der Waals surface area (Å²) in [5.74, 6) is 0.173. The number of rotatable bonds is 6. The molecule has 5 heteroatoms. The number of piperidine rings is 2. The topological polar surface area (TPSA) is 43.9 Å². The van der Waals surface area contributed by atoms with Crippen molar-refractivity contribution in [1.82, 2.24) is 4.90 Å². The number of hydrogen-bond acceptors (Lipinski definition) is 3. The van der Waals surface area contributed by atoms with Crippen LogP contribution in [0.2, 0.25) is 0 Å². The van der Waals surface area contributed by atoms with E-state index in [1.54, 1.807) is 11.8 Å². The molecular weight excluding hydrogens is 350 g/mol. The zero-order chi connectivity index (χ0) is 19.9. The number of carbonyl (C=O) groups excluding carboxylic acids is 2. The van der Waals surface area contributed by atoms with Crippen molar-refractivity contribution in [2.75, 3.05) is 36.0 Å². The fraction of sp³-hybridized carbons (Fsp3) is 0.652. The molecule has 0 N–H and O–H groups in total. The number of amides is 2. The van der Waals surface area contributed by atoms with Crippen LogP contribution < -0.4 is 9.80 Å². The van der Waals surface area contributed by atoms with Crippen molar-refractivity contribution in [2.24, 2.45) is 0 Å². The summed E-state index contributed by atoms with van der Waals surface area (Å²) < 4.78 is 0. The molecule has 5 nitrogen and oxygen atoms in total. The first-order chi connectivity index (χ1) is 13.6. The molecule has 1 aromatic carbocycles. The van der Waals surface area contributed by atoms with Crippen molar-refractivity contribution < 1.29 is 9.59 Å². The molecule has 154 valence electrons. The molecule has 0 spiro atoms. The lowest BCUT2D eigenvalue weighted by Gasteiger charge is -2.36. The normalized spacial score (nSPS) is 20.1. The van der Waals surface area contributed by atoms with Crippen LogP contribution in [-0.4, -0.2) is 48.9 Å². The lowest BCUT2D eigenvalue weighted by atomic mass is 9.99. The molecule has 3 rings (SSSR count). The van der Waals surface area contributed by atoms with E-state index < -0.39 is 0 Å². The third-order valence-corrected chi connectivity index (χ3v) is 6.23. The highest BCUT2D eigenvalue weighted by Crippen LogP contribution is 2.25. The Morgan fingerprint density at radius 2 is 1.68 bits per heavy atom. The van der Waals surface area contributed by atoms with E-state index in [-0.39, 0.29) is 11.8 Å². The predicted octanol–water partition coefficient (Wildman–Crippen LogP) is 4.21. The monoisotopic (exact) mass is 385 g/mol. The number of benzene rings is 1. The zero-order valence-electron chi connectivity index (χ0n) is 17.5. The average Bonchev–Trinajstić information content (AvgIpc) is 2.74. The first-order valence-electron chi connectivity index (χ1n) is 11.0. The summed E-state index contributed by atoms with van der Waals surface area (Å²) in [6, 6.07) is 8.62. The summed E-state index contributed by atoms with van der Waals surface area (Å²) in [5.41, 5.74) is 2.11. The summed E-state index contributed by atoms with van der Waals surface area (Å²) >= 11 is 0. The van der Waals surface area contributed by atoms with Crippen LogP contribution >= 0.6 is 0 Å². The van der Waals surface area contributed by atoms with Gasteiger partial charge in [-0.2, -0.15) is 0 Å². The highest BCUT2D eigenvalue weighted by Gasteiger charge is 2.26. The molecular formula is C23H35N3O2. The third-order valence-electron chi connectivity index (χ3n) is 6.23. The smallest absolute Gasteiger partial charge is 0.224 e. The Bertz CT molecular complexity index is 652. The Labute approximate surface area is 169 Å². The van der Waals surface area contributed by atoms with Crippen LogP contribution in [0.3, 0.4) is 0 Å². The number of anilines is 2. The van der Waals surface area contributed by atoms with Crippen LogP contribution in [0.15, 0.2) is 24.3 Å². The van der Waals surface area contributed by atoms with Gasteiger partial charge >= 0.3 is 0 Å². The third kappa shape index (κ3) is 5.06. The Hall–Kier alpha value is -2.04. The second kappa shape index (κ2) is 9.94. The second-order valence-corrected chi connectivity index (χ2v) is 8.13. The molecule has 2 aliphatic heterocycles. The molecule has 0 aliphatic carbocycles. The van der Waals surface area contributed by atoms with E-state index in [4.69, 9.17) is 0 Å². The van der Waals surface area contributed by atoms with Gasteiger partial charge in [0.05, 0.1) is 0 Å². The van der Waals surface area contributed by atoms with Crippen molar-refractivity contribution in [3.8, 4) is 0 Å². The van der Waals surface area contributed by atoms with E-state index in [0.29, 0.717) is 19.0 Å². The highest BCUT2D eigenvalue weighted by atomic mass is 16.2. The molecule has 0 radical (unpaired) electrons. The van der Waals surface area contributed by atoms with Crippen molar-refractivity contribution in [3.05, 3.63) is 24.3 Å². The Morgan fingerprint density at radius 3 is 2.32 bits per heavy atom. The summed E-state index contributed by atoms with van der Waals surface area (Å²) in [4.78, 5) is 31.2. The van der Waals surface area contributed by atoms with Crippen molar-refractivity contribution in [2.45, 2.75) is 71.3 Å². The summed E-state index contributed by atoms with van der Waals surface area (Å²) in [6.07, 6.45) is 8.64. The summed E-state index contributed by atoms with van der Waals surface area (Å²) in [6.45, 7) is 7.27. The minimum atomic E-state index is -0.00999. The Balaban J connectivity index is 1.61. The Morgan fingerprint density at radius 1 is 1.00 bits per heavy atom. The predicted molar refractivity (Wildman–Crippen MR) is 115 cm³/mol. The summed E-state index contributed by atoms with van der Waals surface area (Å²) in [7, 11) is 0. The second-order valence-electron chi connectivity index (χ2n) is 8.13. The quantitative estimate of drug-likeness (QED) is 0.737. The molecule has 0 bridgehead atoms. The zero-order valence-corrected chi connectivity index (χ0v) is 17.5. The van der Waals surface area contributed by atoms with Crippen molar-refractivity contribution >= 4 is 23.2 Å². The van der Waals surface area contributed by atoms with Crippen LogP contribution in [0.25, 0.3) is 0 Å². The lowest BCUT2D eigenvalue weighted by molar-refractivity contribution is -0.134. The summed E-state index contributed by atoms with van der Waals surface area (Å²) in [5, 5.41) is 0. The molecule has 0 aromatic heterocycles. The van der Waals surface area contributed by atoms with Gasteiger partial charge in [-0.3, -0.25) is 9.59 Å². The number of nitrogens with zero attached hydrogens (tertiary/aromatic N) is 3. The minimum absolute atomic E-state index is 0.00999. The van der Waals surface area contributed by atoms with Gasteiger partial charge in [0.1, 0.15) is 0 Å². The molecule has 1 atom stereocenters. The average molecular weight is 386 g/mol. The van der Waals surface area contributed by atoms with Gasteiger partial charge < -0.3 is 14.7 Å². The largest absolute Gasteiger partial charge is 0.372 e. The van der Waals surface area contributed by atoms with Gasteiger partial charge in [0, 0.05) is 56.9 Å². The molecule has 0 saturated carbocycles. The number of hydrogen-bond donors (Lipinski definition) is 0. The van der Waals surface area contributed by atoms with E-state index in [0.717, 1.165) is 44.6 Å². The van der Waals surface area contributed by atoms with Crippen LogP contribution in [-0.2, 0) is 9.59 Å². The fourth-order valence-electron chi connectivity index (χ4n) is 4.57. The van der Waals surface area contributed by atoms with E-state index in [1.165, 1.54) is 31.4 Å². The maximum absolute atomic E-state index is 12.8. The van der Waals surface area contributed by atoms with E-state index in [1.807, 2.05) is 17.0 Å². The van der Waals surface area contributed by atoms with Crippen LogP contribution in [0.4, 0.5) is 11.4 Å². The van der Waals surface area contributed by atoms with E-state index in [9.17, 15) is 9.59 Å². The lowest BCUT2D eigenvalue weighted by Crippen LogP contribution is -2.44. The maximum Gasteiger partial charge on any atom is 0.224 e. The van der Waals surface area contributed by atoms with Crippen LogP contribution in [0.5, 0.6) is 0 Å². The molecule has 2 heterocycles. The van der Waals surface area contributed by atoms with Crippen molar-refractivity contribution in [1.29, 1.82) is 0 Å². The van der Waals surface area contributed by atoms with E-state index in [2.05, 4.69) is 24.0 Å². The first-order valence-corrected chi connectivity index (χ1v) is 11.0. The SMILES string of the molecule is CCC1CCCCN1C(=O)CCN(C(C)=O)c1ccc(N2CCCCC2)cc1. The van der Waals surface area contributed by atoms with Gasteiger partial charge in [-0.1, -0.05) is 6.92 Å². The molecule has 1 unspecified atom stereocenters. The van der Waals surface area contributed by atoms with Gasteiger partial charge in [0.15, 0.2) is 0 Å². The van der Waals surface area contributed by atoms with Gasteiger partial charge in [-0.05, 0) is 69.2 Å². The molecule has 1 aromatic rings. The number of carbonyl (C=O) groups is 2. The molecule has 2 aliphatic rings. The highest BCUT2D eigenvalue weighted by molar-refractivity contribution is 5.92. The molecule has 2 saturated heterocycles.